The van der Waals surface area contributed by atoms with E-state index in [-0.39, 0.29) is 0 Å². The number of hydrogen-bond donors (Lipinski definition) is 1. The predicted molar refractivity (Wildman–Crippen MR) is 128 cm³/mol. The molecule has 2 saturated heterocycles. The van der Waals surface area contributed by atoms with Gasteiger partial charge < -0.3 is 24.0 Å². The van der Waals surface area contributed by atoms with Crippen LogP contribution in [0.15, 0.2) is 41.5 Å². The molecule has 0 aliphatic carbocycles. The Labute approximate surface area is 192 Å². The number of benzene rings is 2. The summed E-state index contributed by atoms with van der Waals surface area (Å²) in [5.41, 5.74) is 3.89. The van der Waals surface area contributed by atoms with E-state index < -0.39 is 0 Å². The third-order valence-electron chi connectivity index (χ3n) is 5.71. The molecule has 0 atom stereocenters. The quantitative estimate of drug-likeness (QED) is 0.448. The third-order valence-corrected chi connectivity index (χ3v) is 5.71. The Morgan fingerprint density at radius 3 is 2.15 bits per heavy atom. The molecule has 2 fully saturated rings. The standard InChI is InChI=1S/C23H27N7O3/c1-31-20-7-6-17-4-2-3-5-18(17)19(20)16-24-28-21-25-22(29-8-12-32-13-9-29)27-23(26-21)30-10-14-33-15-11-30/h2-7,16H,8-15H2,1H3,(H,25,26,27,28)/b24-16-. The molecule has 5 rings (SSSR count). The van der Waals surface area contributed by atoms with Gasteiger partial charge in [0.1, 0.15) is 5.75 Å². The highest BCUT2D eigenvalue weighted by molar-refractivity contribution is 6.02. The van der Waals surface area contributed by atoms with Crippen molar-refractivity contribution in [3.8, 4) is 5.75 Å². The van der Waals surface area contributed by atoms with Crippen LogP contribution in [-0.4, -0.2) is 80.9 Å². The van der Waals surface area contributed by atoms with E-state index in [0.29, 0.717) is 44.3 Å². The van der Waals surface area contributed by atoms with Gasteiger partial charge in [0.15, 0.2) is 0 Å². The lowest BCUT2D eigenvalue weighted by molar-refractivity contribution is 0.121. The van der Waals surface area contributed by atoms with Crippen molar-refractivity contribution in [3.63, 3.8) is 0 Å². The average molecular weight is 450 g/mol. The summed E-state index contributed by atoms with van der Waals surface area (Å²) >= 11 is 0. The number of hydrogen-bond acceptors (Lipinski definition) is 10. The molecule has 2 aliphatic rings. The molecule has 1 N–H and O–H groups in total. The number of morpholine rings is 2. The second-order valence-electron chi connectivity index (χ2n) is 7.73. The molecule has 0 bridgehead atoms. The summed E-state index contributed by atoms with van der Waals surface area (Å²) in [4.78, 5) is 18.2. The lowest BCUT2D eigenvalue weighted by Gasteiger charge is -2.30. The van der Waals surface area contributed by atoms with Gasteiger partial charge in [-0.05, 0) is 16.8 Å². The van der Waals surface area contributed by atoms with Gasteiger partial charge in [-0.2, -0.15) is 20.1 Å². The summed E-state index contributed by atoms with van der Waals surface area (Å²) in [6.45, 7) is 5.57. The molecule has 172 valence electrons. The van der Waals surface area contributed by atoms with Gasteiger partial charge in [-0.1, -0.05) is 30.3 Å². The van der Waals surface area contributed by atoms with Gasteiger partial charge in [0.2, 0.25) is 17.8 Å². The van der Waals surface area contributed by atoms with Crippen LogP contribution in [-0.2, 0) is 9.47 Å². The molecule has 0 amide bonds. The van der Waals surface area contributed by atoms with Crippen molar-refractivity contribution in [3.05, 3.63) is 42.0 Å². The van der Waals surface area contributed by atoms with Gasteiger partial charge in [-0.15, -0.1) is 0 Å². The van der Waals surface area contributed by atoms with Crippen molar-refractivity contribution in [1.82, 2.24) is 15.0 Å². The van der Waals surface area contributed by atoms with Crippen LogP contribution in [0.2, 0.25) is 0 Å². The summed E-state index contributed by atoms with van der Waals surface area (Å²) in [6.07, 6.45) is 1.74. The highest BCUT2D eigenvalue weighted by Gasteiger charge is 2.20. The van der Waals surface area contributed by atoms with Gasteiger partial charge in [-0.25, -0.2) is 5.43 Å². The monoisotopic (exact) mass is 449 g/mol. The molecule has 2 aromatic carbocycles. The number of aromatic nitrogens is 3. The maximum Gasteiger partial charge on any atom is 0.250 e. The number of nitrogens with one attached hydrogen (secondary N) is 1. The van der Waals surface area contributed by atoms with E-state index in [1.807, 2.05) is 24.3 Å². The average Bonchev–Trinajstić information content (AvgIpc) is 2.89. The van der Waals surface area contributed by atoms with Crippen molar-refractivity contribution >= 4 is 34.8 Å². The topological polar surface area (TPSA) is 97.2 Å². The Kier molecular flexibility index (Phi) is 6.45. The number of nitrogens with zero attached hydrogens (tertiary/aromatic N) is 6. The zero-order valence-corrected chi connectivity index (χ0v) is 18.6. The van der Waals surface area contributed by atoms with E-state index in [1.165, 1.54) is 0 Å². The molecule has 3 aromatic rings. The molecule has 0 saturated carbocycles. The summed E-state index contributed by atoms with van der Waals surface area (Å²) < 4.78 is 16.5. The number of rotatable bonds is 6. The molecule has 0 radical (unpaired) electrons. The first kappa shape index (κ1) is 21.4. The Bertz CT molecular complexity index is 1090. The van der Waals surface area contributed by atoms with Crippen molar-refractivity contribution < 1.29 is 14.2 Å². The van der Waals surface area contributed by atoms with Crippen LogP contribution < -0.4 is 20.0 Å². The summed E-state index contributed by atoms with van der Waals surface area (Å²) in [5.74, 6) is 2.38. The zero-order valence-electron chi connectivity index (χ0n) is 18.6. The molecular formula is C23H27N7O3. The van der Waals surface area contributed by atoms with E-state index >= 15 is 0 Å². The molecule has 10 heteroatoms. The second kappa shape index (κ2) is 9.97. The Hall–Kier alpha value is -3.50. The fourth-order valence-electron chi connectivity index (χ4n) is 3.95. The fraction of sp³-hybridized carbons (Fsp3) is 0.391. The van der Waals surface area contributed by atoms with Crippen molar-refractivity contribution in [1.29, 1.82) is 0 Å². The zero-order chi connectivity index (χ0) is 22.5. The van der Waals surface area contributed by atoms with Crippen LogP contribution in [0.25, 0.3) is 10.8 Å². The van der Waals surface area contributed by atoms with Crippen molar-refractivity contribution in [2.75, 3.05) is 74.9 Å². The maximum absolute atomic E-state index is 5.56. The van der Waals surface area contributed by atoms with Crippen molar-refractivity contribution in [2.45, 2.75) is 0 Å². The van der Waals surface area contributed by atoms with Gasteiger partial charge in [0.05, 0.1) is 39.8 Å². The van der Waals surface area contributed by atoms with Gasteiger partial charge in [-0.3, -0.25) is 0 Å². The van der Waals surface area contributed by atoms with E-state index in [4.69, 9.17) is 19.2 Å². The SMILES string of the molecule is COc1ccc2ccccc2c1/C=N\Nc1nc(N2CCOCC2)nc(N2CCOCC2)n1. The predicted octanol–water partition coefficient (Wildman–Crippen LogP) is 2.15. The molecule has 33 heavy (non-hydrogen) atoms. The lowest BCUT2D eigenvalue weighted by Crippen LogP contribution is -2.40. The van der Waals surface area contributed by atoms with Gasteiger partial charge >= 0.3 is 0 Å². The molecule has 10 nitrogen and oxygen atoms in total. The van der Waals surface area contributed by atoms with E-state index in [2.05, 4.69) is 42.4 Å². The van der Waals surface area contributed by atoms with E-state index in [9.17, 15) is 0 Å². The number of hydrazone groups is 1. The van der Waals surface area contributed by atoms with Crippen LogP contribution in [0.3, 0.4) is 0 Å². The Balaban J connectivity index is 1.44. The van der Waals surface area contributed by atoms with Crippen LogP contribution in [0.5, 0.6) is 5.75 Å². The summed E-state index contributed by atoms with van der Waals surface area (Å²) in [5, 5.41) is 6.62. The third kappa shape index (κ3) is 4.81. The van der Waals surface area contributed by atoms with Crippen LogP contribution >= 0.6 is 0 Å². The van der Waals surface area contributed by atoms with E-state index in [1.54, 1.807) is 13.3 Å². The van der Waals surface area contributed by atoms with Crippen molar-refractivity contribution in [2.24, 2.45) is 5.10 Å². The fourth-order valence-corrected chi connectivity index (χ4v) is 3.95. The largest absolute Gasteiger partial charge is 0.496 e. The minimum Gasteiger partial charge on any atom is -0.496 e. The van der Waals surface area contributed by atoms with E-state index in [0.717, 1.165) is 48.3 Å². The number of methoxy groups -OCH3 is 1. The molecular weight excluding hydrogens is 422 g/mol. The first-order valence-corrected chi connectivity index (χ1v) is 11.1. The minimum absolute atomic E-state index is 0.392. The molecule has 1 aromatic heterocycles. The number of ether oxygens (including phenoxy) is 3. The molecule has 0 spiro atoms. The van der Waals surface area contributed by atoms with Gasteiger partial charge in [0.25, 0.3) is 0 Å². The lowest BCUT2D eigenvalue weighted by atomic mass is 10.0. The number of anilines is 3. The van der Waals surface area contributed by atoms with Crippen LogP contribution in [0, 0.1) is 0 Å². The summed E-state index contributed by atoms with van der Waals surface area (Å²) in [6, 6.07) is 12.1. The van der Waals surface area contributed by atoms with Gasteiger partial charge in [0, 0.05) is 31.7 Å². The van der Waals surface area contributed by atoms with Crippen LogP contribution in [0.4, 0.5) is 17.8 Å². The highest BCUT2D eigenvalue weighted by Crippen LogP contribution is 2.26. The Morgan fingerprint density at radius 1 is 0.879 bits per heavy atom. The smallest absolute Gasteiger partial charge is 0.250 e. The normalized spacial score (nSPS) is 17.0. The second-order valence-corrected chi connectivity index (χ2v) is 7.73. The molecule has 3 heterocycles. The molecule has 0 unspecified atom stereocenters. The summed E-state index contributed by atoms with van der Waals surface area (Å²) in [7, 11) is 1.66. The highest BCUT2D eigenvalue weighted by atomic mass is 16.5. The molecule has 2 aliphatic heterocycles. The van der Waals surface area contributed by atoms with Crippen LogP contribution in [0.1, 0.15) is 5.56 Å². The first-order chi connectivity index (χ1) is 16.3. The minimum atomic E-state index is 0.392. The first-order valence-electron chi connectivity index (χ1n) is 11.1. The maximum atomic E-state index is 5.56. The Morgan fingerprint density at radius 2 is 1.52 bits per heavy atom. The number of fused-ring (bicyclic) bond motifs is 1.